The van der Waals surface area contributed by atoms with E-state index in [0.717, 1.165) is 23.9 Å². The minimum Gasteiger partial charge on any atom is -0.311 e. The van der Waals surface area contributed by atoms with Crippen molar-refractivity contribution in [2.75, 3.05) is 19.6 Å². The molecule has 0 spiro atoms. The van der Waals surface area contributed by atoms with Crippen molar-refractivity contribution in [3.63, 3.8) is 0 Å². The van der Waals surface area contributed by atoms with Crippen molar-refractivity contribution >= 4 is 0 Å². The fraction of sp³-hybridized carbons (Fsp3) is 1.00. The summed E-state index contributed by atoms with van der Waals surface area (Å²) in [4.78, 5) is 2.83. The van der Waals surface area contributed by atoms with Crippen LogP contribution in [0, 0.1) is 11.8 Å². The zero-order valence-corrected chi connectivity index (χ0v) is 12.6. The maximum atomic E-state index is 3.78. The van der Waals surface area contributed by atoms with Gasteiger partial charge in [-0.3, -0.25) is 4.90 Å². The highest BCUT2D eigenvalue weighted by Crippen LogP contribution is 2.30. The summed E-state index contributed by atoms with van der Waals surface area (Å²) < 4.78 is 0. The number of nitrogens with one attached hydrogen (secondary N) is 1. The fourth-order valence-corrected chi connectivity index (χ4v) is 3.49. The Hall–Kier alpha value is -0.0800. The van der Waals surface area contributed by atoms with Crippen molar-refractivity contribution in [2.45, 2.75) is 71.4 Å². The van der Waals surface area contributed by atoms with Crippen molar-refractivity contribution in [2.24, 2.45) is 11.8 Å². The molecule has 1 aliphatic carbocycles. The zero-order valence-electron chi connectivity index (χ0n) is 12.6. The standard InChI is InChI=1S/C16H32N2/c1-4-7-15-12-18(11-14-8-6-9-14)16(10-17-15)13(3)5-2/h13-17H,4-12H2,1-3H3. The first-order valence-electron chi connectivity index (χ1n) is 8.22. The Labute approximate surface area is 114 Å². The van der Waals surface area contributed by atoms with Crippen LogP contribution in [0.1, 0.15) is 59.3 Å². The third kappa shape index (κ3) is 3.48. The molecule has 2 nitrogen and oxygen atoms in total. The first-order valence-corrected chi connectivity index (χ1v) is 8.22. The van der Waals surface area contributed by atoms with Gasteiger partial charge in [0.2, 0.25) is 0 Å². The molecule has 2 heteroatoms. The molecule has 2 rings (SSSR count). The molecule has 1 heterocycles. The van der Waals surface area contributed by atoms with Crippen LogP contribution in [0.5, 0.6) is 0 Å². The lowest BCUT2D eigenvalue weighted by Crippen LogP contribution is -2.59. The highest BCUT2D eigenvalue weighted by molar-refractivity contribution is 4.90. The second kappa shape index (κ2) is 6.91. The molecule has 0 aromatic rings. The van der Waals surface area contributed by atoms with Gasteiger partial charge in [0.25, 0.3) is 0 Å². The number of rotatable bonds is 6. The van der Waals surface area contributed by atoms with E-state index < -0.39 is 0 Å². The van der Waals surface area contributed by atoms with E-state index in [0.29, 0.717) is 0 Å². The summed E-state index contributed by atoms with van der Waals surface area (Å²) in [5.74, 6) is 1.84. The summed E-state index contributed by atoms with van der Waals surface area (Å²) in [5, 5.41) is 3.78. The predicted molar refractivity (Wildman–Crippen MR) is 78.9 cm³/mol. The van der Waals surface area contributed by atoms with Gasteiger partial charge in [-0.1, -0.05) is 40.0 Å². The molecule has 2 fully saturated rings. The number of piperazine rings is 1. The van der Waals surface area contributed by atoms with E-state index in [1.54, 1.807) is 0 Å². The maximum absolute atomic E-state index is 3.78. The molecule has 1 N–H and O–H groups in total. The fourth-order valence-electron chi connectivity index (χ4n) is 3.49. The normalized spacial score (nSPS) is 32.2. The lowest BCUT2D eigenvalue weighted by molar-refractivity contribution is 0.0581. The zero-order chi connectivity index (χ0) is 13.0. The summed E-state index contributed by atoms with van der Waals surface area (Å²) in [6.07, 6.45) is 8.40. The Morgan fingerprint density at radius 3 is 2.61 bits per heavy atom. The Balaban J connectivity index is 1.91. The molecule has 3 unspecified atom stereocenters. The minimum atomic E-state index is 0.746. The van der Waals surface area contributed by atoms with Crippen LogP contribution in [0.15, 0.2) is 0 Å². The Bertz CT molecular complexity index is 237. The van der Waals surface area contributed by atoms with Gasteiger partial charge in [0, 0.05) is 31.7 Å². The van der Waals surface area contributed by atoms with E-state index in [1.807, 2.05) is 0 Å². The van der Waals surface area contributed by atoms with Gasteiger partial charge in [0.15, 0.2) is 0 Å². The third-order valence-electron chi connectivity index (χ3n) is 5.19. The first kappa shape index (κ1) is 14.3. The smallest absolute Gasteiger partial charge is 0.0246 e. The predicted octanol–water partition coefficient (Wildman–Crippen LogP) is 3.28. The number of hydrogen-bond acceptors (Lipinski definition) is 2. The Morgan fingerprint density at radius 1 is 1.28 bits per heavy atom. The lowest BCUT2D eigenvalue weighted by atomic mass is 9.83. The second-order valence-corrected chi connectivity index (χ2v) is 6.60. The molecule has 1 aliphatic heterocycles. The van der Waals surface area contributed by atoms with Crippen LogP contribution in [-0.4, -0.2) is 36.6 Å². The molecule has 0 aromatic carbocycles. The SMILES string of the molecule is CCCC1CN(CC2CCC2)C(C(C)CC)CN1. The van der Waals surface area contributed by atoms with Gasteiger partial charge in [-0.15, -0.1) is 0 Å². The van der Waals surface area contributed by atoms with Crippen LogP contribution in [0.25, 0.3) is 0 Å². The number of hydrogen-bond donors (Lipinski definition) is 1. The average Bonchev–Trinajstić information content (AvgIpc) is 2.33. The van der Waals surface area contributed by atoms with Gasteiger partial charge in [0.1, 0.15) is 0 Å². The van der Waals surface area contributed by atoms with Gasteiger partial charge in [-0.25, -0.2) is 0 Å². The largest absolute Gasteiger partial charge is 0.311 e. The van der Waals surface area contributed by atoms with Crippen molar-refractivity contribution in [3.8, 4) is 0 Å². The van der Waals surface area contributed by atoms with Crippen LogP contribution in [-0.2, 0) is 0 Å². The molecule has 0 bridgehead atoms. The molecule has 3 atom stereocenters. The Kier molecular flexibility index (Phi) is 5.50. The Morgan fingerprint density at radius 2 is 2.06 bits per heavy atom. The van der Waals surface area contributed by atoms with E-state index in [2.05, 4.69) is 31.0 Å². The maximum Gasteiger partial charge on any atom is 0.0246 e. The van der Waals surface area contributed by atoms with Gasteiger partial charge < -0.3 is 5.32 Å². The lowest BCUT2D eigenvalue weighted by Gasteiger charge is -2.45. The third-order valence-corrected chi connectivity index (χ3v) is 5.19. The van der Waals surface area contributed by atoms with E-state index in [1.165, 1.54) is 58.2 Å². The van der Waals surface area contributed by atoms with Crippen molar-refractivity contribution in [3.05, 3.63) is 0 Å². The van der Waals surface area contributed by atoms with Crippen LogP contribution in [0.3, 0.4) is 0 Å². The van der Waals surface area contributed by atoms with Crippen LogP contribution in [0.4, 0.5) is 0 Å². The molecule has 106 valence electrons. The topological polar surface area (TPSA) is 15.3 Å². The van der Waals surface area contributed by atoms with E-state index in [-0.39, 0.29) is 0 Å². The van der Waals surface area contributed by atoms with Gasteiger partial charge in [-0.2, -0.15) is 0 Å². The van der Waals surface area contributed by atoms with Crippen molar-refractivity contribution in [1.29, 1.82) is 0 Å². The number of nitrogens with zero attached hydrogens (tertiary/aromatic N) is 1. The monoisotopic (exact) mass is 252 g/mol. The molecular weight excluding hydrogens is 220 g/mol. The molecular formula is C16H32N2. The van der Waals surface area contributed by atoms with E-state index in [9.17, 15) is 0 Å². The van der Waals surface area contributed by atoms with Crippen molar-refractivity contribution in [1.82, 2.24) is 10.2 Å². The van der Waals surface area contributed by atoms with Crippen LogP contribution in [0.2, 0.25) is 0 Å². The van der Waals surface area contributed by atoms with Gasteiger partial charge in [-0.05, 0) is 31.1 Å². The van der Waals surface area contributed by atoms with E-state index >= 15 is 0 Å². The highest BCUT2D eigenvalue weighted by atomic mass is 15.2. The molecule has 0 radical (unpaired) electrons. The summed E-state index contributed by atoms with van der Waals surface area (Å²) in [6, 6.07) is 1.53. The summed E-state index contributed by atoms with van der Waals surface area (Å²) in [5.41, 5.74) is 0. The second-order valence-electron chi connectivity index (χ2n) is 6.60. The summed E-state index contributed by atoms with van der Waals surface area (Å²) in [7, 11) is 0. The minimum absolute atomic E-state index is 0.746. The molecule has 18 heavy (non-hydrogen) atoms. The first-order chi connectivity index (χ1) is 8.74. The molecule has 2 aliphatic rings. The summed E-state index contributed by atoms with van der Waals surface area (Å²) >= 11 is 0. The summed E-state index contributed by atoms with van der Waals surface area (Å²) in [6.45, 7) is 11.0. The van der Waals surface area contributed by atoms with Gasteiger partial charge >= 0.3 is 0 Å². The van der Waals surface area contributed by atoms with E-state index in [4.69, 9.17) is 0 Å². The van der Waals surface area contributed by atoms with Gasteiger partial charge in [0.05, 0.1) is 0 Å². The van der Waals surface area contributed by atoms with Crippen molar-refractivity contribution < 1.29 is 0 Å². The molecule has 0 amide bonds. The quantitative estimate of drug-likeness (QED) is 0.780. The molecule has 0 aromatic heterocycles. The van der Waals surface area contributed by atoms with Crippen LogP contribution < -0.4 is 5.32 Å². The average molecular weight is 252 g/mol. The highest BCUT2D eigenvalue weighted by Gasteiger charge is 2.32. The molecule has 1 saturated heterocycles. The molecule has 1 saturated carbocycles. The van der Waals surface area contributed by atoms with Crippen LogP contribution >= 0.6 is 0 Å².